The first-order valence-corrected chi connectivity index (χ1v) is 6.83. The highest BCUT2D eigenvalue weighted by atomic mass is 16.7. The van der Waals surface area contributed by atoms with Gasteiger partial charge in [0, 0.05) is 0 Å². The zero-order chi connectivity index (χ0) is 17.3. The third-order valence-electron chi connectivity index (χ3n) is 3.69. The van der Waals surface area contributed by atoms with Gasteiger partial charge in [0.15, 0.2) is 0 Å². The molecule has 0 bridgehead atoms. The molecule has 0 aromatic heterocycles. The molecule has 1 saturated heterocycles. The van der Waals surface area contributed by atoms with Crippen LogP contribution in [0, 0.1) is 0 Å². The number of hydrogen-bond acceptors (Lipinski definition) is 9. The fourth-order valence-corrected chi connectivity index (χ4v) is 2.23. The highest BCUT2D eigenvalue weighted by molar-refractivity contribution is 5.79. The molecule has 1 fully saturated rings. The van der Waals surface area contributed by atoms with Gasteiger partial charge in [-0.3, -0.25) is 5.73 Å². The van der Waals surface area contributed by atoms with E-state index in [1.165, 1.54) is 0 Å². The average molecular weight is 329 g/mol. The lowest BCUT2D eigenvalue weighted by Gasteiger charge is -2.48. The molecule has 23 heavy (non-hydrogen) atoms. The predicted octanol–water partition coefficient (Wildman–Crippen LogP) is -2.82. The van der Waals surface area contributed by atoms with Crippen molar-refractivity contribution in [2.24, 2.45) is 5.73 Å². The van der Waals surface area contributed by atoms with Crippen LogP contribution in [0.2, 0.25) is 0 Å². The fourth-order valence-electron chi connectivity index (χ4n) is 2.23. The Labute approximate surface area is 131 Å². The van der Waals surface area contributed by atoms with Crippen molar-refractivity contribution in [3.8, 4) is 0 Å². The van der Waals surface area contributed by atoms with Crippen LogP contribution in [0.15, 0.2) is 30.3 Å². The van der Waals surface area contributed by atoms with Crippen molar-refractivity contribution in [1.29, 1.82) is 0 Å². The molecule has 1 aliphatic rings. The summed E-state index contributed by atoms with van der Waals surface area (Å²) >= 11 is 0. The van der Waals surface area contributed by atoms with Gasteiger partial charge >= 0.3 is 11.8 Å². The number of esters is 1. The lowest BCUT2D eigenvalue weighted by molar-refractivity contribution is -0.375. The molecule has 0 spiro atoms. The Morgan fingerprint density at radius 1 is 1.26 bits per heavy atom. The van der Waals surface area contributed by atoms with E-state index in [1.807, 2.05) is 0 Å². The minimum Gasteiger partial charge on any atom is -0.457 e. The van der Waals surface area contributed by atoms with Gasteiger partial charge in [0.05, 0.1) is 6.61 Å². The molecule has 1 aromatic carbocycles. The van der Waals surface area contributed by atoms with Crippen molar-refractivity contribution in [1.82, 2.24) is 0 Å². The predicted molar refractivity (Wildman–Crippen MR) is 74.3 cm³/mol. The first-order chi connectivity index (χ1) is 10.7. The van der Waals surface area contributed by atoms with E-state index in [9.17, 15) is 25.2 Å². The number of benzene rings is 1. The molecular formula is C14H19NO8. The van der Waals surface area contributed by atoms with Gasteiger partial charge in [0.1, 0.15) is 24.9 Å². The van der Waals surface area contributed by atoms with Crippen LogP contribution in [0.25, 0.3) is 0 Å². The molecule has 1 heterocycles. The molecule has 2 rings (SSSR count). The SMILES string of the molecule is NC1(O)C(O)C(O)C(CO)OC1(O)C(=O)OCc1ccccc1. The smallest absolute Gasteiger partial charge is 0.371 e. The number of rotatable bonds is 4. The molecule has 0 radical (unpaired) electrons. The Morgan fingerprint density at radius 2 is 1.87 bits per heavy atom. The van der Waals surface area contributed by atoms with Crippen molar-refractivity contribution in [3.63, 3.8) is 0 Å². The maximum absolute atomic E-state index is 12.1. The van der Waals surface area contributed by atoms with Crippen molar-refractivity contribution >= 4 is 5.97 Å². The summed E-state index contributed by atoms with van der Waals surface area (Å²) in [7, 11) is 0. The number of ether oxygens (including phenoxy) is 2. The molecule has 5 unspecified atom stereocenters. The zero-order valence-electron chi connectivity index (χ0n) is 12.1. The minimum absolute atomic E-state index is 0.246. The molecule has 128 valence electrons. The second-order valence-electron chi connectivity index (χ2n) is 5.31. The van der Waals surface area contributed by atoms with Crippen molar-refractivity contribution in [3.05, 3.63) is 35.9 Å². The van der Waals surface area contributed by atoms with Crippen LogP contribution in [-0.2, 0) is 20.9 Å². The molecule has 0 amide bonds. The summed E-state index contributed by atoms with van der Waals surface area (Å²) in [6.07, 6.45) is -5.50. The van der Waals surface area contributed by atoms with Crippen molar-refractivity contribution < 1.29 is 39.8 Å². The van der Waals surface area contributed by atoms with E-state index in [2.05, 4.69) is 0 Å². The third kappa shape index (κ3) is 3.08. The average Bonchev–Trinajstić information content (AvgIpc) is 2.55. The molecule has 9 nitrogen and oxygen atoms in total. The number of nitrogens with two attached hydrogens (primary N) is 1. The monoisotopic (exact) mass is 329 g/mol. The normalized spacial score (nSPS) is 37.4. The lowest BCUT2D eigenvalue weighted by Crippen LogP contribution is -2.79. The fraction of sp³-hybridized carbons (Fsp3) is 0.500. The van der Waals surface area contributed by atoms with E-state index in [4.69, 9.17) is 20.3 Å². The van der Waals surface area contributed by atoms with E-state index in [0.29, 0.717) is 5.56 Å². The molecule has 1 aromatic rings. The third-order valence-corrected chi connectivity index (χ3v) is 3.69. The van der Waals surface area contributed by atoms with Crippen LogP contribution >= 0.6 is 0 Å². The molecule has 1 aliphatic heterocycles. The quantitative estimate of drug-likeness (QED) is 0.252. The number of carbonyl (C=O) groups excluding carboxylic acids is 1. The minimum atomic E-state index is -3.16. The molecule has 5 atom stereocenters. The van der Waals surface area contributed by atoms with Gasteiger partial charge in [0.25, 0.3) is 0 Å². The Hall–Kier alpha value is -1.59. The van der Waals surface area contributed by atoms with E-state index >= 15 is 0 Å². The molecule has 9 heteroatoms. The molecule has 0 saturated carbocycles. The molecule has 0 aliphatic carbocycles. The Bertz CT molecular complexity index is 551. The summed E-state index contributed by atoms with van der Waals surface area (Å²) in [5.41, 5.74) is 2.93. The Kier molecular flexibility index (Phi) is 5.01. The largest absolute Gasteiger partial charge is 0.457 e. The molecule has 7 N–H and O–H groups in total. The lowest BCUT2D eigenvalue weighted by atomic mass is 9.87. The molecular weight excluding hydrogens is 310 g/mol. The van der Waals surface area contributed by atoms with Crippen LogP contribution in [0.5, 0.6) is 0 Å². The number of hydrogen-bond donors (Lipinski definition) is 6. The highest BCUT2D eigenvalue weighted by Gasteiger charge is 2.66. The Balaban J connectivity index is 2.18. The van der Waals surface area contributed by atoms with E-state index in [-0.39, 0.29) is 6.61 Å². The van der Waals surface area contributed by atoms with Gasteiger partial charge in [-0.25, -0.2) is 4.79 Å². The number of aliphatic hydroxyl groups is 5. The summed E-state index contributed by atoms with van der Waals surface area (Å²) in [6, 6.07) is 8.48. The maximum atomic E-state index is 12.1. The van der Waals surface area contributed by atoms with Crippen LogP contribution < -0.4 is 5.73 Å². The number of carbonyl (C=O) groups is 1. The first kappa shape index (κ1) is 17.8. The Morgan fingerprint density at radius 3 is 2.43 bits per heavy atom. The summed E-state index contributed by atoms with van der Waals surface area (Å²) in [5.74, 6) is -4.62. The van der Waals surface area contributed by atoms with Crippen molar-refractivity contribution in [2.75, 3.05) is 6.61 Å². The zero-order valence-corrected chi connectivity index (χ0v) is 12.1. The highest BCUT2D eigenvalue weighted by Crippen LogP contribution is 2.34. The van der Waals surface area contributed by atoms with Crippen LogP contribution in [0.3, 0.4) is 0 Å². The maximum Gasteiger partial charge on any atom is 0.371 e. The summed E-state index contributed by atoms with van der Waals surface area (Å²) in [5, 5.41) is 48.8. The second kappa shape index (κ2) is 6.49. The first-order valence-electron chi connectivity index (χ1n) is 6.83. The van der Waals surface area contributed by atoms with E-state index < -0.39 is 42.4 Å². The van der Waals surface area contributed by atoms with Gasteiger partial charge in [-0.15, -0.1) is 0 Å². The topological polar surface area (TPSA) is 163 Å². The van der Waals surface area contributed by atoms with Gasteiger partial charge in [0.2, 0.25) is 5.72 Å². The summed E-state index contributed by atoms with van der Waals surface area (Å²) in [6.45, 7) is -1.08. The van der Waals surface area contributed by atoms with Crippen molar-refractivity contribution in [2.45, 2.75) is 36.4 Å². The van der Waals surface area contributed by atoms with Gasteiger partial charge in [-0.05, 0) is 5.56 Å². The van der Waals surface area contributed by atoms with Gasteiger partial charge < -0.3 is 35.0 Å². The standard InChI is InChI=1S/C14H19NO8/c15-13(20)11(18)10(17)9(6-16)23-14(13,21)12(19)22-7-8-4-2-1-3-5-8/h1-5,9-11,16-18,20-21H,6-7,15H2. The van der Waals surface area contributed by atoms with E-state index in [0.717, 1.165) is 0 Å². The van der Waals surface area contributed by atoms with E-state index in [1.54, 1.807) is 30.3 Å². The number of aliphatic hydroxyl groups excluding tert-OH is 3. The van der Waals surface area contributed by atoms with Crippen LogP contribution in [0.4, 0.5) is 0 Å². The van der Waals surface area contributed by atoms with Gasteiger partial charge in [-0.1, -0.05) is 30.3 Å². The second-order valence-corrected chi connectivity index (χ2v) is 5.31. The summed E-state index contributed by atoms with van der Waals surface area (Å²) in [4.78, 5) is 12.1. The van der Waals surface area contributed by atoms with Crippen LogP contribution in [-0.4, -0.2) is 67.9 Å². The van der Waals surface area contributed by atoms with Gasteiger partial charge in [-0.2, -0.15) is 0 Å². The summed E-state index contributed by atoms with van der Waals surface area (Å²) < 4.78 is 9.67. The van der Waals surface area contributed by atoms with Crippen LogP contribution in [0.1, 0.15) is 5.56 Å².